The van der Waals surface area contributed by atoms with Crippen molar-refractivity contribution >= 4 is 5.91 Å². The molecule has 3 rings (SSSR count). The minimum atomic E-state index is -0.433. The van der Waals surface area contributed by atoms with Gasteiger partial charge in [0.25, 0.3) is 0 Å². The molecular weight excluding hydrogens is 375 g/mol. The molecule has 9 heteroatoms. The molecular formula is C20H21FN6O2. The van der Waals surface area contributed by atoms with Crippen LogP contribution in [0.1, 0.15) is 11.1 Å². The van der Waals surface area contributed by atoms with Crippen molar-refractivity contribution in [2.45, 2.75) is 19.9 Å². The zero-order chi connectivity index (χ0) is 21.0. The molecule has 0 bridgehead atoms. The summed E-state index contributed by atoms with van der Waals surface area (Å²) in [5.41, 5.74) is 13.9. The van der Waals surface area contributed by atoms with E-state index in [1.807, 2.05) is 37.3 Å². The summed E-state index contributed by atoms with van der Waals surface area (Å²) >= 11 is 0. The molecule has 29 heavy (non-hydrogen) atoms. The first kappa shape index (κ1) is 20.2. The highest BCUT2D eigenvalue weighted by molar-refractivity contribution is 5.77. The fourth-order valence-corrected chi connectivity index (χ4v) is 2.92. The Hall–Kier alpha value is -3.59. The quantitative estimate of drug-likeness (QED) is 0.622. The molecule has 8 nitrogen and oxygen atoms in total. The van der Waals surface area contributed by atoms with Gasteiger partial charge >= 0.3 is 5.69 Å². The van der Waals surface area contributed by atoms with Gasteiger partial charge in [-0.3, -0.25) is 4.79 Å². The van der Waals surface area contributed by atoms with Gasteiger partial charge in [0.05, 0.1) is 19.3 Å². The van der Waals surface area contributed by atoms with E-state index in [0.29, 0.717) is 12.1 Å². The molecule has 0 aliphatic heterocycles. The second-order valence-electron chi connectivity index (χ2n) is 6.62. The molecule has 0 saturated heterocycles. The van der Waals surface area contributed by atoms with Gasteiger partial charge in [0, 0.05) is 18.3 Å². The van der Waals surface area contributed by atoms with Crippen LogP contribution in [-0.4, -0.2) is 31.8 Å². The van der Waals surface area contributed by atoms with E-state index in [1.165, 1.54) is 10.9 Å². The van der Waals surface area contributed by atoms with Crippen LogP contribution in [0.15, 0.2) is 59.6 Å². The lowest BCUT2D eigenvalue weighted by Gasteiger charge is -2.08. The van der Waals surface area contributed by atoms with Gasteiger partial charge in [-0.1, -0.05) is 24.3 Å². The summed E-state index contributed by atoms with van der Waals surface area (Å²) in [6.45, 7) is 1.82. The van der Waals surface area contributed by atoms with E-state index in [1.54, 1.807) is 6.20 Å². The van der Waals surface area contributed by atoms with Crippen LogP contribution in [0, 0.1) is 6.92 Å². The second-order valence-corrected chi connectivity index (χ2v) is 6.62. The van der Waals surface area contributed by atoms with Crippen LogP contribution in [0.5, 0.6) is 0 Å². The van der Waals surface area contributed by atoms with E-state index >= 15 is 0 Å². The van der Waals surface area contributed by atoms with Gasteiger partial charge in [-0.15, -0.1) is 0 Å². The first-order valence-electron chi connectivity index (χ1n) is 8.90. The number of hydrogen-bond acceptors (Lipinski definition) is 5. The highest BCUT2D eigenvalue weighted by atomic mass is 19.1. The lowest BCUT2D eigenvalue weighted by atomic mass is 10.0. The summed E-state index contributed by atoms with van der Waals surface area (Å²) in [5, 5.41) is 4.01. The summed E-state index contributed by atoms with van der Waals surface area (Å²) in [6.07, 6.45) is 3.58. The van der Waals surface area contributed by atoms with E-state index in [4.69, 9.17) is 11.5 Å². The van der Waals surface area contributed by atoms with Crippen molar-refractivity contribution in [1.82, 2.24) is 19.3 Å². The molecule has 0 aliphatic rings. The van der Waals surface area contributed by atoms with Gasteiger partial charge in [0.15, 0.2) is 0 Å². The number of nitrogens with two attached hydrogens (primary N) is 2. The van der Waals surface area contributed by atoms with Crippen LogP contribution in [0.2, 0.25) is 0 Å². The molecule has 0 atom stereocenters. The van der Waals surface area contributed by atoms with Gasteiger partial charge in [-0.25, -0.2) is 23.4 Å². The summed E-state index contributed by atoms with van der Waals surface area (Å²) in [6, 6.07) is 9.35. The Morgan fingerprint density at radius 1 is 1.24 bits per heavy atom. The molecule has 4 N–H and O–H groups in total. The zero-order valence-corrected chi connectivity index (χ0v) is 15.9. The number of benzene rings is 1. The first-order chi connectivity index (χ1) is 13.9. The maximum absolute atomic E-state index is 12.7. The average molecular weight is 396 g/mol. The Bertz CT molecular complexity index is 1110. The van der Waals surface area contributed by atoms with Crippen molar-refractivity contribution in [1.29, 1.82) is 0 Å². The van der Waals surface area contributed by atoms with Crippen LogP contribution < -0.4 is 17.2 Å². The van der Waals surface area contributed by atoms with Crippen LogP contribution >= 0.6 is 0 Å². The van der Waals surface area contributed by atoms with Gasteiger partial charge < -0.3 is 11.5 Å². The Morgan fingerprint density at radius 2 is 1.97 bits per heavy atom. The van der Waals surface area contributed by atoms with Crippen molar-refractivity contribution < 1.29 is 9.18 Å². The molecule has 0 fully saturated rings. The van der Waals surface area contributed by atoms with E-state index in [-0.39, 0.29) is 31.0 Å². The van der Waals surface area contributed by atoms with E-state index in [2.05, 4.69) is 10.1 Å². The highest BCUT2D eigenvalue weighted by Crippen LogP contribution is 2.22. The summed E-state index contributed by atoms with van der Waals surface area (Å²) in [7, 11) is 0. The first-order valence-corrected chi connectivity index (χ1v) is 8.90. The third kappa shape index (κ3) is 4.46. The number of carbonyl (C=O) groups is 1. The minimum absolute atomic E-state index is 0.00000529. The predicted molar refractivity (Wildman–Crippen MR) is 107 cm³/mol. The van der Waals surface area contributed by atoms with Crippen LogP contribution in [0.3, 0.4) is 0 Å². The van der Waals surface area contributed by atoms with E-state index in [9.17, 15) is 14.0 Å². The number of aryl methyl sites for hydroxylation is 1. The summed E-state index contributed by atoms with van der Waals surface area (Å²) in [5.74, 6) is 0.0556. The fraction of sp³-hybridized carbons (Fsp3) is 0.200. The standard InChI is InChI=1S/C20H21FN6O2/c1-13-6-17(16-4-2-14(3-5-16)7-18(23)28)10-24-19(13)26-12-25-27(20(26)29)11-15(8-21)9-22/h2-6,8,10,12H,7,9,11,22H2,1H3,(H2,23,28)/b15-8+. The van der Waals surface area contributed by atoms with Gasteiger partial charge in [0.2, 0.25) is 5.91 Å². The molecule has 2 heterocycles. The number of carbonyl (C=O) groups excluding carboxylic acids is 1. The molecule has 2 aromatic heterocycles. The molecule has 1 amide bonds. The number of halogens is 1. The number of hydrogen-bond donors (Lipinski definition) is 2. The largest absolute Gasteiger partial charge is 0.369 e. The lowest BCUT2D eigenvalue weighted by molar-refractivity contribution is -0.117. The second kappa shape index (κ2) is 8.61. The van der Waals surface area contributed by atoms with Gasteiger partial charge in [-0.2, -0.15) is 5.10 Å². The fourth-order valence-electron chi connectivity index (χ4n) is 2.92. The third-order valence-electron chi connectivity index (χ3n) is 4.45. The Kier molecular flexibility index (Phi) is 5.99. The number of rotatable bonds is 7. The molecule has 0 radical (unpaired) electrons. The van der Waals surface area contributed by atoms with Crippen molar-refractivity contribution in [3.63, 3.8) is 0 Å². The van der Waals surface area contributed by atoms with Gasteiger partial charge in [-0.05, 0) is 35.3 Å². The molecule has 0 saturated carbocycles. The Labute approximate surface area is 166 Å². The zero-order valence-electron chi connectivity index (χ0n) is 15.9. The number of aromatic nitrogens is 4. The molecule has 0 aliphatic carbocycles. The smallest absolute Gasteiger partial charge is 0.351 e. The monoisotopic (exact) mass is 396 g/mol. The number of amides is 1. The minimum Gasteiger partial charge on any atom is -0.369 e. The lowest BCUT2D eigenvalue weighted by Crippen LogP contribution is -2.26. The maximum Gasteiger partial charge on any atom is 0.351 e. The van der Waals surface area contributed by atoms with Crippen LogP contribution in [0.25, 0.3) is 16.9 Å². The number of primary amides is 1. The van der Waals surface area contributed by atoms with Crippen molar-refractivity contribution in [2.24, 2.45) is 11.5 Å². The molecule has 0 spiro atoms. The average Bonchev–Trinajstić information content (AvgIpc) is 3.06. The number of nitrogens with zero attached hydrogens (tertiary/aromatic N) is 4. The van der Waals surface area contributed by atoms with Crippen LogP contribution in [0.4, 0.5) is 4.39 Å². The highest BCUT2D eigenvalue weighted by Gasteiger charge is 2.12. The molecule has 150 valence electrons. The van der Waals surface area contributed by atoms with Crippen molar-refractivity contribution in [3.05, 3.63) is 76.4 Å². The Morgan fingerprint density at radius 3 is 2.55 bits per heavy atom. The maximum atomic E-state index is 12.7. The predicted octanol–water partition coefficient (Wildman–Crippen LogP) is 1.24. The molecule has 3 aromatic rings. The third-order valence-corrected chi connectivity index (χ3v) is 4.45. The van der Waals surface area contributed by atoms with Crippen LogP contribution in [-0.2, 0) is 17.8 Å². The normalized spacial score (nSPS) is 11.6. The summed E-state index contributed by atoms with van der Waals surface area (Å²) < 4.78 is 15.2. The van der Waals surface area contributed by atoms with E-state index in [0.717, 1.165) is 26.9 Å². The van der Waals surface area contributed by atoms with Gasteiger partial charge in [0.1, 0.15) is 12.1 Å². The SMILES string of the molecule is Cc1cc(-c2ccc(CC(N)=O)cc2)cnc1-n1cnn(C/C(=C/F)CN)c1=O. The molecule has 1 aromatic carbocycles. The molecule has 0 unspecified atom stereocenters. The summed E-state index contributed by atoms with van der Waals surface area (Å²) in [4.78, 5) is 28.0. The Balaban J connectivity index is 1.88. The van der Waals surface area contributed by atoms with E-state index < -0.39 is 5.69 Å². The number of pyridine rings is 1. The van der Waals surface area contributed by atoms with Crippen molar-refractivity contribution in [3.8, 4) is 16.9 Å². The topological polar surface area (TPSA) is 122 Å². The van der Waals surface area contributed by atoms with Crippen molar-refractivity contribution in [2.75, 3.05) is 6.54 Å².